The van der Waals surface area contributed by atoms with Gasteiger partial charge in [-0.15, -0.1) is 0 Å². The maximum absolute atomic E-state index is 12.8. The largest absolute Gasteiger partial charge is 0.462 e. The Hall–Kier alpha value is -4.80. The maximum atomic E-state index is 12.8. The fourth-order valence-electron chi connectivity index (χ4n) is 11.4. The van der Waals surface area contributed by atoms with Crippen molar-refractivity contribution in [1.29, 1.82) is 0 Å². The molecule has 85 heavy (non-hydrogen) atoms. The average Bonchev–Trinajstić information content (AvgIpc) is 1.51. The molecule has 472 valence electrons. The van der Waals surface area contributed by atoms with Gasteiger partial charge in [-0.25, -0.2) is 0 Å². The first-order valence-corrected chi connectivity index (χ1v) is 36.6. The summed E-state index contributed by atoms with van der Waals surface area (Å²) in [6.45, 7) is 22.0. The van der Waals surface area contributed by atoms with Crippen molar-refractivity contribution in [3.05, 3.63) is 142 Å². The lowest BCUT2D eigenvalue weighted by Crippen LogP contribution is -2.67. The van der Waals surface area contributed by atoms with Gasteiger partial charge in [0.25, 0.3) is 16.6 Å². The van der Waals surface area contributed by atoms with Crippen LogP contribution in [0.15, 0.2) is 132 Å². The minimum absolute atomic E-state index is 0.0906. The minimum Gasteiger partial charge on any atom is -0.462 e. The first kappa shape index (κ1) is 74.5. The van der Waals surface area contributed by atoms with Gasteiger partial charge in [0.1, 0.15) is 6.10 Å². The quantitative estimate of drug-likeness (QED) is 0.0114. The molecule has 0 heterocycles. The van der Waals surface area contributed by atoms with Crippen LogP contribution in [0.3, 0.4) is 0 Å². The number of unbranched alkanes of at least 4 members (excludes halogenated alkanes) is 16. The average molecular weight is 1210 g/mol. The molecule has 0 spiro atoms. The Morgan fingerprint density at radius 1 is 0.459 bits per heavy atom. The molecule has 0 aromatic heterocycles. The number of esters is 1. The highest BCUT2D eigenvalue weighted by molar-refractivity contribution is 7.00. The van der Waals surface area contributed by atoms with Gasteiger partial charge in [-0.1, -0.05) is 303 Å². The fraction of sp³-hybridized carbons (Fsp3) is 0.643. The van der Waals surface area contributed by atoms with E-state index in [1.165, 1.54) is 111 Å². The van der Waals surface area contributed by atoms with Gasteiger partial charge in [-0.2, -0.15) is 0 Å². The molecule has 0 aliphatic carbocycles. The molecule has 0 saturated heterocycles. The number of benzene rings is 4. The van der Waals surface area contributed by atoms with E-state index < -0.39 is 28.7 Å². The molecule has 4 aromatic rings. The lowest BCUT2D eigenvalue weighted by Gasteiger charge is -2.43. The molecule has 1 N–H and O–H groups in total. The van der Waals surface area contributed by atoms with Crippen molar-refractivity contribution in [3.63, 3.8) is 0 Å². The van der Waals surface area contributed by atoms with E-state index in [1.54, 1.807) is 0 Å². The van der Waals surface area contributed by atoms with E-state index in [0.717, 1.165) is 44.9 Å². The SMILES string of the molecule is CCCCCCCCCCCC(=O)O[C@H](CCCCCCC)CCOC[C@H](CO[Si](c1ccccc1)(c1ccccc1)C(C)(C)C)N=[N+]=[N-].CCCCCCC[C@@H](O)CCOC[C@H](CO[Si](c1ccccc1)(c1ccccc1)C(C)(C)C)N=[N+]=[N-]. The second-order valence-corrected chi connectivity index (χ2v) is 33.8. The van der Waals surface area contributed by atoms with Gasteiger partial charge < -0.3 is 28.2 Å². The normalized spacial score (nSPS) is 13.3. The predicted octanol–water partition coefficient (Wildman–Crippen LogP) is 17.2. The highest BCUT2D eigenvalue weighted by Crippen LogP contribution is 2.38. The van der Waals surface area contributed by atoms with E-state index >= 15 is 0 Å². The van der Waals surface area contributed by atoms with Gasteiger partial charge in [0, 0.05) is 42.5 Å². The van der Waals surface area contributed by atoms with Gasteiger partial charge in [-0.05, 0) is 74.0 Å². The zero-order valence-corrected chi connectivity index (χ0v) is 56.1. The van der Waals surface area contributed by atoms with Crippen LogP contribution in [0.1, 0.15) is 216 Å². The van der Waals surface area contributed by atoms with Crippen molar-refractivity contribution in [3.8, 4) is 0 Å². The molecule has 15 heteroatoms. The molecule has 0 fully saturated rings. The van der Waals surface area contributed by atoms with Crippen LogP contribution in [-0.2, 0) is 27.9 Å². The summed E-state index contributed by atoms with van der Waals surface area (Å²) in [5.41, 5.74) is 18.6. The number of aliphatic hydroxyl groups is 1. The zero-order chi connectivity index (χ0) is 61.9. The number of hydrogen-bond acceptors (Lipinski definition) is 9. The summed E-state index contributed by atoms with van der Waals surface area (Å²) >= 11 is 0. The molecular weight excluding hydrogens is 1090 g/mol. The molecule has 0 unspecified atom stereocenters. The number of carbonyl (C=O) groups excluding carboxylic acids is 1. The molecule has 4 rings (SSSR count). The topological polar surface area (TPSA) is 181 Å². The highest BCUT2D eigenvalue weighted by Gasteiger charge is 2.51. The molecule has 0 aliphatic heterocycles. The Kier molecular flexibility index (Phi) is 38.3. The van der Waals surface area contributed by atoms with Crippen LogP contribution in [0.5, 0.6) is 0 Å². The molecule has 0 radical (unpaired) electrons. The van der Waals surface area contributed by atoms with Gasteiger partial charge >= 0.3 is 5.97 Å². The molecule has 0 bridgehead atoms. The Morgan fingerprint density at radius 2 is 0.788 bits per heavy atom. The lowest BCUT2D eigenvalue weighted by atomic mass is 10.1. The number of aliphatic hydroxyl groups excluding tert-OH is 1. The van der Waals surface area contributed by atoms with Crippen LogP contribution in [0.4, 0.5) is 0 Å². The Morgan fingerprint density at radius 3 is 1.14 bits per heavy atom. The molecule has 0 aliphatic rings. The van der Waals surface area contributed by atoms with Crippen LogP contribution in [-0.4, -0.2) is 91.6 Å². The van der Waals surface area contributed by atoms with Crippen molar-refractivity contribution in [2.24, 2.45) is 10.2 Å². The van der Waals surface area contributed by atoms with Gasteiger partial charge in [0.2, 0.25) is 0 Å². The summed E-state index contributed by atoms with van der Waals surface area (Å²) in [6, 6.07) is 40.8. The number of hydrogen-bond donors (Lipinski definition) is 1. The van der Waals surface area contributed by atoms with Crippen molar-refractivity contribution >= 4 is 43.4 Å². The van der Waals surface area contributed by atoms with Crippen molar-refractivity contribution < 1.29 is 33.0 Å². The van der Waals surface area contributed by atoms with E-state index in [0.29, 0.717) is 32.5 Å². The van der Waals surface area contributed by atoms with Crippen LogP contribution >= 0.6 is 0 Å². The second-order valence-electron chi connectivity index (χ2n) is 25.1. The van der Waals surface area contributed by atoms with Gasteiger partial charge in [0.15, 0.2) is 0 Å². The van der Waals surface area contributed by atoms with E-state index in [9.17, 15) is 21.0 Å². The number of ether oxygens (including phenoxy) is 3. The van der Waals surface area contributed by atoms with Crippen molar-refractivity contribution in [1.82, 2.24) is 0 Å². The first-order valence-electron chi connectivity index (χ1n) is 32.7. The fourth-order valence-corrected chi connectivity index (χ4v) is 20.6. The van der Waals surface area contributed by atoms with Gasteiger partial charge in [-0.3, -0.25) is 4.79 Å². The molecule has 4 atom stereocenters. The van der Waals surface area contributed by atoms with E-state index in [-0.39, 0.29) is 54.7 Å². The molecule has 13 nitrogen and oxygen atoms in total. The molecular formula is C70H112N6O7Si2. The zero-order valence-electron chi connectivity index (χ0n) is 54.1. The molecule has 0 saturated carbocycles. The third kappa shape index (κ3) is 27.8. The lowest BCUT2D eigenvalue weighted by molar-refractivity contribution is -0.150. The van der Waals surface area contributed by atoms with Crippen LogP contribution < -0.4 is 20.7 Å². The predicted molar refractivity (Wildman–Crippen MR) is 358 cm³/mol. The van der Waals surface area contributed by atoms with E-state index in [2.05, 4.69) is 179 Å². The second kappa shape index (κ2) is 43.8. The summed E-state index contributed by atoms with van der Waals surface area (Å²) in [6.07, 6.45) is 25.7. The number of rotatable bonds is 45. The number of carbonyl (C=O) groups is 1. The number of azide groups is 2. The van der Waals surface area contributed by atoms with Crippen molar-refractivity contribution in [2.45, 2.75) is 251 Å². The summed E-state index contributed by atoms with van der Waals surface area (Å²) in [5.74, 6) is -0.0906. The summed E-state index contributed by atoms with van der Waals surface area (Å²) < 4.78 is 31.8. The maximum Gasteiger partial charge on any atom is 0.306 e. The highest BCUT2D eigenvalue weighted by atomic mass is 28.4. The first-order chi connectivity index (χ1) is 41.1. The minimum atomic E-state index is -2.77. The third-order valence-corrected chi connectivity index (χ3v) is 26.1. The Bertz CT molecular complexity index is 2320. The van der Waals surface area contributed by atoms with Crippen LogP contribution in [0, 0.1) is 0 Å². The summed E-state index contributed by atoms with van der Waals surface area (Å²) in [5, 5.41) is 22.7. The number of nitrogens with zero attached hydrogens (tertiary/aromatic N) is 6. The van der Waals surface area contributed by atoms with Gasteiger partial charge in [0.05, 0.1) is 38.0 Å². The molecule has 4 aromatic carbocycles. The Labute approximate surface area is 516 Å². The third-order valence-electron chi connectivity index (χ3n) is 16.1. The van der Waals surface area contributed by atoms with Crippen LogP contribution in [0.2, 0.25) is 10.1 Å². The van der Waals surface area contributed by atoms with E-state index in [1.807, 2.05) is 24.3 Å². The monoisotopic (exact) mass is 1200 g/mol. The summed E-state index contributed by atoms with van der Waals surface area (Å²) in [7, 11) is -5.48. The standard InChI is InChI=1S/C41H67N3O4Si.C29H45N3O3Si/c1-6-8-10-12-13-14-15-17-25-31-40(45)48-37(26-20-16-11-9-7-2)32-33-46-34-36(43-44-42)35-47-49(41(3,4)5,38-27-21-18-22-28-38)39-29-23-19-24-30-39;1-5-6-7-8-11-16-26(33)21-22-34-23-25(31-32-30)24-35-36(29(2,3)4,27-17-12-9-13-18-27)28-19-14-10-15-20-28/h18-19,21-24,27-30,36-37H,6-17,20,25-26,31-35H2,1-5H3;9-10,12-15,17-20,25-26,33H,5-8,11,16,21-24H2,1-4H3/t36-,37-;25-,26-/m11/s1. The van der Waals surface area contributed by atoms with Crippen LogP contribution in [0.25, 0.3) is 20.9 Å². The Balaban J connectivity index is 0.000000466. The summed E-state index contributed by atoms with van der Waals surface area (Å²) in [4.78, 5) is 19.0. The van der Waals surface area contributed by atoms with E-state index in [4.69, 9.17) is 23.1 Å². The van der Waals surface area contributed by atoms with Crippen molar-refractivity contribution in [2.75, 3.05) is 39.6 Å². The smallest absolute Gasteiger partial charge is 0.306 e. The molecule has 0 amide bonds.